The Morgan fingerprint density at radius 3 is 2.68 bits per heavy atom. The molecule has 0 saturated heterocycles. The lowest BCUT2D eigenvalue weighted by Crippen LogP contribution is -2.32. The van der Waals surface area contributed by atoms with Gasteiger partial charge in [-0.3, -0.25) is 0 Å². The maximum Gasteiger partial charge on any atom is 0.319 e. The first-order valence-electron chi connectivity index (χ1n) is 8.65. The summed E-state index contributed by atoms with van der Waals surface area (Å²) in [7, 11) is 1.60. The Balaban J connectivity index is 1.56. The van der Waals surface area contributed by atoms with E-state index in [1.54, 1.807) is 31.4 Å². The molecule has 0 heterocycles. The third kappa shape index (κ3) is 4.31. The molecule has 25 heavy (non-hydrogen) atoms. The van der Waals surface area contributed by atoms with Crippen LogP contribution in [0.4, 0.5) is 10.5 Å². The number of hydrogen-bond donors (Lipinski definition) is 3. The maximum absolute atomic E-state index is 12.2. The average Bonchev–Trinajstić information content (AvgIpc) is 2.66. The van der Waals surface area contributed by atoms with E-state index in [2.05, 4.69) is 16.7 Å². The van der Waals surface area contributed by atoms with Crippen LogP contribution in [0.3, 0.4) is 0 Å². The minimum atomic E-state index is -0.763. The van der Waals surface area contributed by atoms with Crippen molar-refractivity contribution in [2.24, 2.45) is 0 Å². The van der Waals surface area contributed by atoms with E-state index < -0.39 is 6.10 Å². The van der Waals surface area contributed by atoms with Crippen molar-refractivity contribution in [3.63, 3.8) is 0 Å². The van der Waals surface area contributed by atoms with E-state index in [9.17, 15) is 9.90 Å². The van der Waals surface area contributed by atoms with Crippen molar-refractivity contribution in [2.45, 2.75) is 31.8 Å². The number of rotatable bonds is 5. The number of urea groups is 1. The molecule has 0 aliphatic heterocycles. The molecule has 5 heteroatoms. The summed E-state index contributed by atoms with van der Waals surface area (Å²) in [4.78, 5) is 12.2. The first-order valence-corrected chi connectivity index (χ1v) is 8.65. The van der Waals surface area contributed by atoms with Crippen LogP contribution in [0.15, 0.2) is 42.5 Å². The minimum Gasteiger partial charge on any atom is -0.497 e. The number of aliphatic hydroxyl groups is 1. The number of amides is 2. The Labute approximate surface area is 148 Å². The van der Waals surface area contributed by atoms with Crippen LogP contribution in [0.2, 0.25) is 0 Å². The zero-order valence-corrected chi connectivity index (χ0v) is 14.4. The SMILES string of the molecule is COc1ccc([C@@H](O)CNC(=O)Nc2cccc3c2CCCC3)cc1. The summed E-state index contributed by atoms with van der Waals surface area (Å²) in [6.07, 6.45) is 3.67. The zero-order chi connectivity index (χ0) is 17.6. The molecule has 5 nitrogen and oxygen atoms in total. The smallest absolute Gasteiger partial charge is 0.319 e. The van der Waals surface area contributed by atoms with E-state index in [1.807, 2.05) is 12.1 Å². The predicted octanol–water partition coefficient (Wildman–Crippen LogP) is 3.43. The quantitative estimate of drug-likeness (QED) is 0.781. The highest BCUT2D eigenvalue weighted by Gasteiger charge is 2.15. The second-order valence-electron chi connectivity index (χ2n) is 6.27. The molecule has 2 aromatic rings. The third-order valence-electron chi connectivity index (χ3n) is 4.60. The maximum atomic E-state index is 12.2. The zero-order valence-electron chi connectivity index (χ0n) is 14.4. The molecule has 1 aliphatic rings. The van der Waals surface area contributed by atoms with Crippen molar-refractivity contribution >= 4 is 11.7 Å². The molecular weight excluding hydrogens is 316 g/mol. The van der Waals surface area contributed by atoms with Crippen molar-refractivity contribution in [3.8, 4) is 5.75 Å². The Morgan fingerprint density at radius 2 is 1.92 bits per heavy atom. The highest BCUT2D eigenvalue weighted by atomic mass is 16.5. The first kappa shape index (κ1) is 17.3. The van der Waals surface area contributed by atoms with Crippen LogP contribution in [-0.2, 0) is 12.8 Å². The number of aliphatic hydroxyl groups excluding tert-OH is 1. The Kier molecular flexibility index (Phi) is 5.56. The second-order valence-corrected chi connectivity index (χ2v) is 6.27. The van der Waals surface area contributed by atoms with Crippen molar-refractivity contribution in [2.75, 3.05) is 19.0 Å². The topological polar surface area (TPSA) is 70.6 Å². The van der Waals surface area contributed by atoms with Crippen molar-refractivity contribution in [1.29, 1.82) is 0 Å². The van der Waals surface area contributed by atoms with Gasteiger partial charge in [0.15, 0.2) is 0 Å². The van der Waals surface area contributed by atoms with Crippen molar-refractivity contribution in [3.05, 3.63) is 59.2 Å². The normalized spacial score (nSPS) is 14.3. The van der Waals surface area contributed by atoms with E-state index in [1.165, 1.54) is 17.5 Å². The summed E-state index contributed by atoms with van der Waals surface area (Å²) in [6, 6.07) is 12.9. The molecular formula is C20H24N2O3. The number of methoxy groups -OCH3 is 1. The van der Waals surface area contributed by atoms with E-state index in [4.69, 9.17) is 4.74 Å². The van der Waals surface area contributed by atoms with Crippen molar-refractivity contribution in [1.82, 2.24) is 5.32 Å². The Morgan fingerprint density at radius 1 is 1.16 bits per heavy atom. The molecule has 0 radical (unpaired) electrons. The van der Waals surface area contributed by atoms with Crippen LogP contribution in [0.25, 0.3) is 0 Å². The molecule has 0 saturated carbocycles. The molecule has 0 spiro atoms. The first-order chi connectivity index (χ1) is 12.2. The average molecular weight is 340 g/mol. The van der Waals surface area contributed by atoms with Gasteiger partial charge in [0.1, 0.15) is 5.75 Å². The van der Waals surface area contributed by atoms with E-state index in [0.29, 0.717) is 0 Å². The molecule has 0 bridgehead atoms. The molecule has 2 aromatic carbocycles. The van der Waals surface area contributed by atoms with Gasteiger partial charge in [0.05, 0.1) is 13.2 Å². The molecule has 0 fully saturated rings. The van der Waals surface area contributed by atoms with Gasteiger partial charge in [-0.05, 0) is 60.6 Å². The highest BCUT2D eigenvalue weighted by Crippen LogP contribution is 2.27. The number of ether oxygens (including phenoxy) is 1. The monoisotopic (exact) mass is 340 g/mol. The van der Waals surface area contributed by atoms with Gasteiger partial charge >= 0.3 is 6.03 Å². The lowest BCUT2D eigenvalue weighted by atomic mass is 9.90. The van der Waals surface area contributed by atoms with Gasteiger partial charge in [0, 0.05) is 12.2 Å². The molecule has 1 atom stereocenters. The standard InChI is InChI=1S/C20H24N2O3/c1-25-16-11-9-15(10-12-16)19(23)13-21-20(24)22-18-8-4-6-14-5-2-3-7-17(14)18/h4,6,8-12,19,23H,2-3,5,7,13H2,1H3,(H2,21,22,24)/t19-/m0/s1. The summed E-state index contributed by atoms with van der Waals surface area (Å²) in [5.41, 5.74) is 4.16. The number of fused-ring (bicyclic) bond motifs is 1. The third-order valence-corrected chi connectivity index (χ3v) is 4.60. The Hall–Kier alpha value is -2.53. The summed E-state index contributed by atoms with van der Waals surface area (Å²) < 4.78 is 5.10. The molecule has 2 amide bonds. The Bertz CT molecular complexity index is 728. The lowest BCUT2D eigenvalue weighted by Gasteiger charge is -2.20. The molecule has 0 aromatic heterocycles. The van der Waals surface area contributed by atoms with Crippen LogP contribution in [0.5, 0.6) is 5.75 Å². The molecule has 132 valence electrons. The van der Waals surface area contributed by atoms with Gasteiger partial charge in [0.2, 0.25) is 0 Å². The van der Waals surface area contributed by atoms with E-state index >= 15 is 0 Å². The van der Waals surface area contributed by atoms with Crippen LogP contribution in [0, 0.1) is 0 Å². The number of anilines is 1. The van der Waals surface area contributed by atoms with Crippen LogP contribution in [0.1, 0.15) is 35.6 Å². The number of carbonyl (C=O) groups is 1. The van der Waals surface area contributed by atoms with Crippen molar-refractivity contribution < 1.29 is 14.6 Å². The predicted molar refractivity (Wildman–Crippen MR) is 98.1 cm³/mol. The minimum absolute atomic E-state index is 0.146. The van der Waals surface area contributed by atoms with Crippen LogP contribution in [-0.4, -0.2) is 24.8 Å². The highest BCUT2D eigenvalue weighted by molar-refractivity contribution is 5.90. The van der Waals surface area contributed by atoms with E-state index in [0.717, 1.165) is 36.3 Å². The number of hydrogen-bond acceptors (Lipinski definition) is 3. The molecule has 3 N–H and O–H groups in total. The lowest BCUT2D eigenvalue weighted by molar-refractivity contribution is 0.175. The van der Waals surface area contributed by atoms with Gasteiger partial charge in [-0.25, -0.2) is 4.79 Å². The fourth-order valence-corrected chi connectivity index (χ4v) is 3.20. The summed E-state index contributed by atoms with van der Waals surface area (Å²) in [5, 5.41) is 15.9. The fraction of sp³-hybridized carbons (Fsp3) is 0.350. The van der Waals surface area contributed by atoms with Gasteiger partial charge < -0.3 is 20.5 Å². The fourth-order valence-electron chi connectivity index (χ4n) is 3.20. The van der Waals surface area contributed by atoms with Gasteiger partial charge in [-0.2, -0.15) is 0 Å². The van der Waals surface area contributed by atoms with Gasteiger partial charge in [0.25, 0.3) is 0 Å². The molecule has 1 aliphatic carbocycles. The number of nitrogens with one attached hydrogen (secondary N) is 2. The van der Waals surface area contributed by atoms with Gasteiger partial charge in [-0.15, -0.1) is 0 Å². The number of benzene rings is 2. The van der Waals surface area contributed by atoms with E-state index in [-0.39, 0.29) is 12.6 Å². The second kappa shape index (κ2) is 8.03. The van der Waals surface area contributed by atoms with Gasteiger partial charge in [-0.1, -0.05) is 24.3 Å². The summed E-state index contributed by atoms with van der Waals surface area (Å²) in [6.45, 7) is 0.146. The summed E-state index contributed by atoms with van der Waals surface area (Å²) in [5.74, 6) is 0.732. The van der Waals surface area contributed by atoms with Crippen LogP contribution >= 0.6 is 0 Å². The summed E-state index contributed by atoms with van der Waals surface area (Å²) >= 11 is 0. The molecule has 0 unspecified atom stereocenters. The number of aryl methyl sites for hydroxylation is 1. The largest absolute Gasteiger partial charge is 0.497 e. The van der Waals surface area contributed by atoms with Crippen LogP contribution < -0.4 is 15.4 Å². The molecule has 3 rings (SSSR count). The number of carbonyl (C=O) groups excluding carboxylic acids is 1.